The van der Waals surface area contributed by atoms with Crippen molar-refractivity contribution in [1.29, 1.82) is 0 Å². The molecule has 106 valence electrons. The molecule has 1 aromatic rings. The van der Waals surface area contributed by atoms with Crippen LogP contribution in [0.5, 0.6) is 0 Å². The van der Waals surface area contributed by atoms with Crippen molar-refractivity contribution in [2.45, 2.75) is 12.8 Å². The molecule has 4 heteroatoms. The van der Waals surface area contributed by atoms with Crippen LogP contribution in [0.3, 0.4) is 0 Å². The zero-order valence-corrected chi connectivity index (χ0v) is 12.7. The fourth-order valence-electron chi connectivity index (χ4n) is 3.21. The molecule has 1 aromatic heterocycles. The van der Waals surface area contributed by atoms with Crippen molar-refractivity contribution in [2.24, 2.45) is 5.92 Å². The van der Waals surface area contributed by atoms with Gasteiger partial charge in [-0.25, -0.2) is 0 Å². The summed E-state index contributed by atoms with van der Waals surface area (Å²) in [6, 6.07) is 4.40. The summed E-state index contributed by atoms with van der Waals surface area (Å²) in [5.74, 6) is 0.935. The molecule has 0 bridgehead atoms. The van der Waals surface area contributed by atoms with Crippen molar-refractivity contribution in [3.05, 3.63) is 17.5 Å². The lowest BCUT2D eigenvalue weighted by Gasteiger charge is -2.38. The van der Waals surface area contributed by atoms with Crippen LogP contribution in [0.15, 0.2) is 17.5 Å². The highest BCUT2D eigenvalue weighted by molar-refractivity contribution is 7.14. The lowest BCUT2D eigenvalue weighted by atomic mass is 9.96. The van der Waals surface area contributed by atoms with Gasteiger partial charge < -0.3 is 9.80 Å². The highest BCUT2D eigenvalue weighted by atomic mass is 32.1. The number of anilines is 1. The zero-order valence-electron chi connectivity index (χ0n) is 11.9. The smallest absolute Gasteiger partial charge is 0.0909 e. The van der Waals surface area contributed by atoms with Crippen molar-refractivity contribution in [2.75, 3.05) is 57.8 Å². The predicted molar refractivity (Wildman–Crippen MR) is 83.2 cm³/mol. The average Bonchev–Trinajstić information content (AvgIpc) is 2.96. The minimum atomic E-state index is 0.935. The Balaban J connectivity index is 1.43. The van der Waals surface area contributed by atoms with Crippen LogP contribution >= 0.6 is 11.3 Å². The molecule has 2 fully saturated rings. The fraction of sp³-hybridized carbons (Fsp3) is 0.733. The first kappa shape index (κ1) is 13.4. The fourth-order valence-corrected chi connectivity index (χ4v) is 4.00. The molecule has 0 amide bonds. The topological polar surface area (TPSA) is 9.72 Å². The van der Waals surface area contributed by atoms with E-state index in [9.17, 15) is 0 Å². The van der Waals surface area contributed by atoms with Gasteiger partial charge in [0.05, 0.1) is 5.00 Å². The Kier molecular flexibility index (Phi) is 4.41. The second-order valence-corrected chi connectivity index (χ2v) is 6.91. The highest BCUT2D eigenvalue weighted by Gasteiger charge is 2.22. The molecular formula is C15H25N3S. The Labute approximate surface area is 120 Å². The average molecular weight is 279 g/mol. The third-order valence-electron chi connectivity index (χ3n) is 4.54. The van der Waals surface area contributed by atoms with Crippen LogP contribution in [0.25, 0.3) is 0 Å². The molecule has 3 heterocycles. The summed E-state index contributed by atoms with van der Waals surface area (Å²) in [5, 5.41) is 3.62. The second-order valence-electron chi connectivity index (χ2n) is 5.99. The van der Waals surface area contributed by atoms with Gasteiger partial charge in [0, 0.05) is 32.7 Å². The van der Waals surface area contributed by atoms with Gasteiger partial charge in [0.25, 0.3) is 0 Å². The summed E-state index contributed by atoms with van der Waals surface area (Å²) in [6.07, 6.45) is 2.78. The minimum absolute atomic E-state index is 0.935. The summed E-state index contributed by atoms with van der Waals surface area (Å²) < 4.78 is 0. The number of hydrogen-bond acceptors (Lipinski definition) is 4. The summed E-state index contributed by atoms with van der Waals surface area (Å²) >= 11 is 1.87. The van der Waals surface area contributed by atoms with Gasteiger partial charge in [0.15, 0.2) is 0 Å². The molecule has 0 aliphatic carbocycles. The van der Waals surface area contributed by atoms with E-state index in [1.54, 1.807) is 0 Å². The number of piperidine rings is 1. The summed E-state index contributed by atoms with van der Waals surface area (Å²) in [5.41, 5.74) is 0. The van der Waals surface area contributed by atoms with Crippen molar-refractivity contribution in [3.63, 3.8) is 0 Å². The van der Waals surface area contributed by atoms with Crippen LogP contribution in [-0.4, -0.2) is 62.7 Å². The molecular weight excluding hydrogens is 254 g/mol. The molecule has 19 heavy (non-hydrogen) atoms. The van der Waals surface area contributed by atoms with Crippen LogP contribution in [0, 0.1) is 5.92 Å². The monoisotopic (exact) mass is 279 g/mol. The summed E-state index contributed by atoms with van der Waals surface area (Å²) in [4.78, 5) is 7.68. The van der Waals surface area contributed by atoms with E-state index in [1.807, 2.05) is 11.3 Å². The first-order valence-electron chi connectivity index (χ1n) is 7.50. The molecule has 0 atom stereocenters. The third-order valence-corrected chi connectivity index (χ3v) is 5.47. The maximum absolute atomic E-state index is 2.68. The molecule has 0 unspecified atom stereocenters. The molecule has 3 rings (SSSR count). The predicted octanol–water partition coefficient (Wildman–Crippen LogP) is 2.21. The van der Waals surface area contributed by atoms with Crippen molar-refractivity contribution >= 4 is 16.3 Å². The maximum Gasteiger partial charge on any atom is 0.0909 e. The van der Waals surface area contributed by atoms with E-state index in [2.05, 4.69) is 39.3 Å². The van der Waals surface area contributed by atoms with Gasteiger partial charge in [-0.05, 0) is 56.4 Å². The first-order valence-corrected chi connectivity index (χ1v) is 8.38. The van der Waals surface area contributed by atoms with Gasteiger partial charge in [0.2, 0.25) is 0 Å². The standard InChI is InChI=1S/C15H25N3S/c1-16-6-4-14(5-7-16)13-17-8-10-18(11-9-17)15-3-2-12-19-15/h2-3,12,14H,4-11,13H2,1H3. The first-order chi connectivity index (χ1) is 9.31. The third kappa shape index (κ3) is 3.50. The Morgan fingerprint density at radius 2 is 1.84 bits per heavy atom. The quantitative estimate of drug-likeness (QED) is 0.840. The highest BCUT2D eigenvalue weighted by Crippen LogP contribution is 2.23. The number of piperazine rings is 1. The van der Waals surface area contributed by atoms with Crippen molar-refractivity contribution < 1.29 is 0 Å². The number of likely N-dealkylation sites (tertiary alicyclic amines) is 1. The molecule has 0 N–H and O–H groups in total. The van der Waals surface area contributed by atoms with Crippen LogP contribution in [0.2, 0.25) is 0 Å². The number of hydrogen-bond donors (Lipinski definition) is 0. The zero-order chi connectivity index (χ0) is 13.1. The molecule has 3 nitrogen and oxygen atoms in total. The van der Waals surface area contributed by atoms with Crippen LogP contribution in [-0.2, 0) is 0 Å². The number of rotatable bonds is 3. The van der Waals surface area contributed by atoms with Crippen molar-refractivity contribution in [1.82, 2.24) is 9.80 Å². The SMILES string of the molecule is CN1CCC(CN2CCN(c3cccs3)CC2)CC1. The number of thiophene rings is 1. The van der Waals surface area contributed by atoms with Gasteiger partial charge in [-0.3, -0.25) is 4.90 Å². The van der Waals surface area contributed by atoms with Crippen LogP contribution in [0.1, 0.15) is 12.8 Å². The minimum Gasteiger partial charge on any atom is -0.361 e. The van der Waals surface area contributed by atoms with Crippen LogP contribution in [0.4, 0.5) is 5.00 Å². The Morgan fingerprint density at radius 3 is 2.47 bits per heavy atom. The van der Waals surface area contributed by atoms with Gasteiger partial charge in [-0.15, -0.1) is 11.3 Å². The summed E-state index contributed by atoms with van der Waals surface area (Å²) in [6.45, 7) is 8.79. The maximum atomic E-state index is 2.68. The molecule has 0 aromatic carbocycles. The lowest BCUT2D eigenvalue weighted by molar-refractivity contribution is 0.156. The Hall–Kier alpha value is -0.580. The van der Waals surface area contributed by atoms with E-state index in [-0.39, 0.29) is 0 Å². The lowest BCUT2D eigenvalue weighted by Crippen LogP contribution is -2.48. The van der Waals surface area contributed by atoms with Crippen molar-refractivity contribution in [3.8, 4) is 0 Å². The van der Waals surface area contributed by atoms with Gasteiger partial charge in [-0.1, -0.05) is 0 Å². The summed E-state index contributed by atoms with van der Waals surface area (Å²) in [7, 11) is 2.25. The van der Waals surface area contributed by atoms with Crippen LogP contribution < -0.4 is 4.90 Å². The van der Waals surface area contributed by atoms with E-state index in [0.717, 1.165) is 5.92 Å². The van der Waals surface area contributed by atoms with Gasteiger partial charge in [0.1, 0.15) is 0 Å². The van der Waals surface area contributed by atoms with E-state index >= 15 is 0 Å². The molecule has 2 saturated heterocycles. The number of nitrogens with zero attached hydrogens (tertiary/aromatic N) is 3. The Bertz CT molecular complexity index is 363. The van der Waals surface area contributed by atoms with E-state index in [1.165, 1.54) is 63.7 Å². The molecule has 2 aliphatic heterocycles. The molecule has 2 aliphatic rings. The molecule has 0 saturated carbocycles. The van der Waals surface area contributed by atoms with E-state index in [0.29, 0.717) is 0 Å². The van der Waals surface area contributed by atoms with Gasteiger partial charge >= 0.3 is 0 Å². The molecule has 0 spiro atoms. The van der Waals surface area contributed by atoms with Gasteiger partial charge in [-0.2, -0.15) is 0 Å². The normalized spacial score (nSPS) is 23.9. The largest absolute Gasteiger partial charge is 0.361 e. The molecule has 0 radical (unpaired) electrons. The Morgan fingerprint density at radius 1 is 1.11 bits per heavy atom. The van der Waals surface area contributed by atoms with E-state index < -0.39 is 0 Å². The second kappa shape index (κ2) is 6.25. The van der Waals surface area contributed by atoms with E-state index in [4.69, 9.17) is 0 Å².